The molecule has 13 heavy (non-hydrogen) atoms. The molecule has 1 heterocycles. The van der Waals surface area contributed by atoms with Gasteiger partial charge in [-0.3, -0.25) is 0 Å². The van der Waals surface area contributed by atoms with E-state index in [0.717, 1.165) is 28.3 Å². The first-order chi connectivity index (χ1) is 6.34. The van der Waals surface area contributed by atoms with Crippen LogP contribution in [0.1, 0.15) is 25.7 Å². The number of allylic oxidation sites excluding steroid dienone is 1. The van der Waals surface area contributed by atoms with Gasteiger partial charge in [-0.2, -0.15) is 11.8 Å². The van der Waals surface area contributed by atoms with Crippen molar-refractivity contribution in [1.29, 1.82) is 0 Å². The van der Waals surface area contributed by atoms with E-state index in [-0.39, 0.29) is 0 Å². The number of hydrogen-bond donors (Lipinski definition) is 0. The molecular weight excluding hydrogens is 176 g/mol. The summed E-state index contributed by atoms with van der Waals surface area (Å²) in [6.07, 6.45) is 5.75. The Morgan fingerprint density at radius 3 is 3.00 bits per heavy atom. The maximum absolute atomic E-state index is 4.19. The van der Waals surface area contributed by atoms with Gasteiger partial charge in [0, 0.05) is 10.5 Å². The fourth-order valence-corrected chi connectivity index (χ4v) is 6.49. The van der Waals surface area contributed by atoms with E-state index in [1.807, 2.05) is 0 Å². The molecule has 0 amide bonds. The molecule has 1 saturated heterocycles. The van der Waals surface area contributed by atoms with Gasteiger partial charge >= 0.3 is 0 Å². The van der Waals surface area contributed by atoms with Crippen LogP contribution in [0, 0.1) is 23.7 Å². The van der Waals surface area contributed by atoms with Crippen LogP contribution < -0.4 is 0 Å². The van der Waals surface area contributed by atoms with Crippen LogP contribution in [0.25, 0.3) is 0 Å². The number of rotatable bonds is 0. The highest BCUT2D eigenvalue weighted by atomic mass is 32.2. The molecule has 3 saturated carbocycles. The lowest BCUT2D eigenvalue weighted by molar-refractivity contribution is 0.159. The van der Waals surface area contributed by atoms with Crippen LogP contribution in [0.15, 0.2) is 12.2 Å². The SMILES string of the molecule is C=C1CC[C@@H]2C(C1)C1CC3SC2C31. The molecule has 1 heteroatoms. The number of thioether (sulfide) groups is 1. The molecule has 5 unspecified atom stereocenters. The lowest BCUT2D eigenvalue weighted by atomic mass is 9.68. The van der Waals surface area contributed by atoms with Gasteiger partial charge in [-0.15, -0.1) is 0 Å². The second-order valence-electron chi connectivity index (χ2n) is 5.44. The summed E-state index contributed by atoms with van der Waals surface area (Å²) in [5, 5.41) is 2.20. The van der Waals surface area contributed by atoms with Crippen molar-refractivity contribution < 1.29 is 0 Å². The monoisotopic (exact) mass is 192 g/mol. The van der Waals surface area contributed by atoms with Crippen molar-refractivity contribution in [1.82, 2.24) is 0 Å². The number of fused-ring (bicyclic) bond motifs is 3. The molecule has 0 aromatic carbocycles. The second-order valence-corrected chi connectivity index (χ2v) is 6.86. The highest BCUT2D eigenvalue weighted by Crippen LogP contribution is 2.71. The van der Waals surface area contributed by atoms with Gasteiger partial charge in [-0.1, -0.05) is 12.2 Å². The van der Waals surface area contributed by atoms with Crippen molar-refractivity contribution >= 4 is 11.8 Å². The van der Waals surface area contributed by atoms with Gasteiger partial charge in [0.1, 0.15) is 0 Å². The Morgan fingerprint density at radius 1 is 1.23 bits per heavy atom. The molecule has 0 aromatic heterocycles. The van der Waals surface area contributed by atoms with Crippen LogP contribution in [0.2, 0.25) is 0 Å². The van der Waals surface area contributed by atoms with Gasteiger partial charge in [-0.25, -0.2) is 0 Å². The summed E-state index contributed by atoms with van der Waals surface area (Å²) in [5.74, 6) is 4.48. The number of hydrogen-bond acceptors (Lipinski definition) is 1. The molecule has 4 fully saturated rings. The molecule has 0 aromatic rings. The van der Waals surface area contributed by atoms with E-state index in [2.05, 4.69) is 18.3 Å². The Bertz CT molecular complexity index is 283. The smallest absolute Gasteiger partial charge is 0.0123 e. The third-order valence-corrected chi connectivity index (χ3v) is 6.85. The van der Waals surface area contributed by atoms with Crippen molar-refractivity contribution in [2.24, 2.45) is 23.7 Å². The maximum Gasteiger partial charge on any atom is 0.0123 e. The third kappa shape index (κ3) is 0.729. The van der Waals surface area contributed by atoms with Crippen LogP contribution in [0.5, 0.6) is 0 Å². The zero-order valence-electron chi connectivity index (χ0n) is 7.91. The lowest BCUT2D eigenvalue weighted by Gasteiger charge is -2.53. The maximum atomic E-state index is 4.19. The summed E-state index contributed by atoms with van der Waals surface area (Å²) in [4.78, 5) is 0. The normalized spacial score (nSPS) is 62.0. The molecule has 1 aliphatic heterocycles. The van der Waals surface area contributed by atoms with Crippen molar-refractivity contribution in [3.8, 4) is 0 Å². The predicted molar refractivity (Wildman–Crippen MR) is 56.7 cm³/mol. The summed E-state index contributed by atoms with van der Waals surface area (Å²) < 4.78 is 0. The van der Waals surface area contributed by atoms with Crippen molar-refractivity contribution in [3.05, 3.63) is 12.2 Å². The highest BCUT2D eigenvalue weighted by Gasteiger charge is 2.66. The van der Waals surface area contributed by atoms with Crippen LogP contribution in [0.3, 0.4) is 0 Å². The van der Waals surface area contributed by atoms with Gasteiger partial charge in [-0.05, 0) is 49.4 Å². The van der Waals surface area contributed by atoms with E-state index in [1.54, 1.807) is 12.0 Å². The van der Waals surface area contributed by atoms with E-state index in [1.165, 1.54) is 25.2 Å². The molecule has 0 spiro atoms. The topological polar surface area (TPSA) is 0 Å². The summed E-state index contributed by atoms with van der Waals surface area (Å²) in [6.45, 7) is 4.19. The zero-order valence-corrected chi connectivity index (χ0v) is 8.72. The minimum Gasteiger partial charge on any atom is -0.154 e. The Balaban J connectivity index is 1.68. The molecule has 4 aliphatic rings. The average Bonchev–Trinajstić information content (AvgIpc) is 2.23. The predicted octanol–water partition coefficient (Wildman–Crippen LogP) is 3.09. The first kappa shape index (κ1) is 7.39. The zero-order chi connectivity index (χ0) is 8.58. The molecule has 6 atom stereocenters. The van der Waals surface area contributed by atoms with Crippen LogP contribution in [-0.2, 0) is 0 Å². The first-order valence-electron chi connectivity index (χ1n) is 5.67. The molecular formula is C12H16S. The standard InChI is InChI=1S/C12H16S/c1-6-2-3-7-8(4-6)9-5-10-11(9)12(7)13-10/h7-12H,1-5H2/t7-,8?,9?,10?,11?,12?/m1/s1. The third-order valence-electron chi connectivity index (χ3n) is 5.02. The van der Waals surface area contributed by atoms with Crippen molar-refractivity contribution in [3.63, 3.8) is 0 Å². The van der Waals surface area contributed by atoms with Gasteiger partial charge in [0.2, 0.25) is 0 Å². The van der Waals surface area contributed by atoms with E-state index < -0.39 is 0 Å². The summed E-state index contributed by atoms with van der Waals surface area (Å²) >= 11 is 2.32. The van der Waals surface area contributed by atoms with E-state index >= 15 is 0 Å². The Labute approximate surface area is 84.2 Å². The van der Waals surface area contributed by atoms with Gasteiger partial charge < -0.3 is 0 Å². The Hall–Kier alpha value is 0.0900. The molecule has 0 N–H and O–H groups in total. The van der Waals surface area contributed by atoms with Gasteiger partial charge in [0.15, 0.2) is 0 Å². The van der Waals surface area contributed by atoms with Crippen LogP contribution in [0.4, 0.5) is 0 Å². The molecule has 0 radical (unpaired) electrons. The van der Waals surface area contributed by atoms with E-state index in [9.17, 15) is 0 Å². The minimum atomic E-state index is 1.07. The molecule has 70 valence electrons. The quantitative estimate of drug-likeness (QED) is 0.531. The Kier molecular flexibility index (Phi) is 1.24. The van der Waals surface area contributed by atoms with E-state index in [0.29, 0.717) is 0 Å². The second kappa shape index (κ2) is 2.18. The van der Waals surface area contributed by atoms with Crippen molar-refractivity contribution in [2.45, 2.75) is 36.2 Å². The van der Waals surface area contributed by atoms with Crippen LogP contribution >= 0.6 is 11.8 Å². The lowest BCUT2D eigenvalue weighted by Crippen LogP contribution is -2.50. The average molecular weight is 192 g/mol. The minimum absolute atomic E-state index is 1.07. The van der Waals surface area contributed by atoms with Crippen molar-refractivity contribution in [2.75, 3.05) is 0 Å². The summed E-state index contributed by atoms with van der Waals surface area (Å²) in [6, 6.07) is 0. The van der Waals surface area contributed by atoms with E-state index in [4.69, 9.17) is 0 Å². The van der Waals surface area contributed by atoms with Gasteiger partial charge in [0.05, 0.1) is 0 Å². The van der Waals surface area contributed by atoms with Crippen LogP contribution in [-0.4, -0.2) is 10.5 Å². The molecule has 4 rings (SSSR count). The summed E-state index contributed by atoms with van der Waals surface area (Å²) in [7, 11) is 0. The highest BCUT2D eigenvalue weighted by molar-refractivity contribution is 8.02. The Morgan fingerprint density at radius 2 is 2.15 bits per heavy atom. The first-order valence-corrected chi connectivity index (χ1v) is 6.61. The summed E-state index contributed by atoms with van der Waals surface area (Å²) in [5.41, 5.74) is 1.55. The van der Waals surface area contributed by atoms with Gasteiger partial charge in [0.25, 0.3) is 0 Å². The fraction of sp³-hybridized carbons (Fsp3) is 0.833. The molecule has 0 nitrogen and oxygen atoms in total. The fourth-order valence-electron chi connectivity index (χ4n) is 4.36. The molecule has 3 aliphatic carbocycles. The molecule has 0 bridgehead atoms. The largest absolute Gasteiger partial charge is 0.154 e.